The van der Waals surface area contributed by atoms with E-state index >= 15 is 0 Å². The summed E-state index contributed by atoms with van der Waals surface area (Å²) in [5.74, 6) is 0.907. The molecule has 2 aromatic carbocycles. The van der Waals surface area contributed by atoms with Gasteiger partial charge in [0.1, 0.15) is 5.75 Å². The van der Waals surface area contributed by atoms with Crippen LogP contribution in [0.25, 0.3) is 0 Å². The first-order chi connectivity index (χ1) is 12.9. The number of likely N-dealkylation sites (N-methyl/N-ethyl adjacent to an activating group) is 1. The average Bonchev–Trinajstić information content (AvgIpc) is 2.66. The number of hydrogen-bond donors (Lipinski definition) is 1. The molecule has 0 spiro atoms. The smallest absolute Gasteiger partial charge is 0.217 e. The Balaban J connectivity index is 2.00. The van der Waals surface area contributed by atoms with E-state index in [0.29, 0.717) is 0 Å². The molecule has 2 unspecified atom stereocenters. The number of likely N-dealkylation sites (tertiary alicyclic amines) is 1. The summed E-state index contributed by atoms with van der Waals surface area (Å²) in [5.41, 5.74) is 3.69. The lowest BCUT2D eigenvalue weighted by Gasteiger charge is -2.49. The molecule has 0 saturated carbocycles. The molecule has 4 heteroatoms. The fourth-order valence-electron chi connectivity index (χ4n) is 4.23. The summed E-state index contributed by atoms with van der Waals surface area (Å²) in [6, 6.07) is 17.4. The maximum absolute atomic E-state index is 11.7. The number of aryl methyl sites for hydroxylation is 1. The Morgan fingerprint density at radius 1 is 1.19 bits per heavy atom. The third-order valence-electron chi connectivity index (χ3n) is 5.78. The van der Waals surface area contributed by atoms with Gasteiger partial charge in [-0.25, -0.2) is 0 Å². The summed E-state index contributed by atoms with van der Waals surface area (Å²) in [4.78, 5) is 14.1. The number of methoxy groups -OCH3 is 1. The van der Waals surface area contributed by atoms with Crippen LogP contribution in [0, 0.1) is 6.92 Å². The molecule has 0 radical (unpaired) electrons. The number of nitrogens with one attached hydrogen (secondary N) is 1. The van der Waals surface area contributed by atoms with Crippen molar-refractivity contribution < 1.29 is 9.53 Å². The molecule has 0 bridgehead atoms. The molecule has 4 nitrogen and oxygen atoms in total. The lowest BCUT2D eigenvalue weighted by atomic mass is 9.74. The highest BCUT2D eigenvalue weighted by atomic mass is 16.5. The fourth-order valence-corrected chi connectivity index (χ4v) is 4.23. The van der Waals surface area contributed by atoms with Crippen molar-refractivity contribution in [2.45, 2.75) is 44.7 Å². The molecule has 3 rings (SSSR count). The molecule has 2 atom stereocenters. The van der Waals surface area contributed by atoms with Gasteiger partial charge in [0.25, 0.3) is 0 Å². The van der Waals surface area contributed by atoms with Gasteiger partial charge in [0.15, 0.2) is 0 Å². The minimum Gasteiger partial charge on any atom is -0.497 e. The van der Waals surface area contributed by atoms with Crippen LogP contribution in [0.2, 0.25) is 0 Å². The second kappa shape index (κ2) is 8.13. The average molecular weight is 367 g/mol. The molecule has 0 aromatic heterocycles. The Kier molecular flexibility index (Phi) is 5.85. The van der Waals surface area contributed by atoms with E-state index in [1.54, 1.807) is 14.0 Å². The predicted octanol–water partition coefficient (Wildman–Crippen LogP) is 3.67. The van der Waals surface area contributed by atoms with E-state index in [1.165, 1.54) is 16.7 Å². The number of carbonyl (C=O) groups excluding carboxylic acids is 1. The van der Waals surface area contributed by atoms with Gasteiger partial charge in [-0.2, -0.15) is 0 Å². The normalized spacial score (nSPS) is 23.0. The molecule has 1 fully saturated rings. The van der Waals surface area contributed by atoms with Gasteiger partial charge in [-0.1, -0.05) is 42.0 Å². The van der Waals surface area contributed by atoms with E-state index in [2.05, 4.69) is 60.6 Å². The van der Waals surface area contributed by atoms with Gasteiger partial charge in [0.05, 0.1) is 12.6 Å². The maximum Gasteiger partial charge on any atom is 0.217 e. The Morgan fingerprint density at radius 2 is 1.85 bits per heavy atom. The van der Waals surface area contributed by atoms with Crippen LogP contribution in [0.15, 0.2) is 48.5 Å². The van der Waals surface area contributed by atoms with Crippen molar-refractivity contribution >= 4 is 5.91 Å². The number of nitrogens with zero attached hydrogens (tertiary/aromatic N) is 1. The molecular formula is C23H30N2O2. The van der Waals surface area contributed by atoms with Gasteiger partial charge >= 0.3 is 0 Å². The summed E-state index contributed by atoms with van der Waals surface area (Å²) in [6.07, 6.45) is 2.78. The molecule has 0 aliphatic carbocycles. The summed E-state index contributed by atoms with van der Waals surface area (Å²) in [6.45, 7) is 4.67. The Morgan fingerprint density at radius 3 is 2.44 bits per heavy atom. The van der Waals surface area contributed by atoms with Crippen LogP contribution < -0.4 is 10.1 Å². The number of rotatable bonds is 5. The second-order valence-electron chi connectivity index (χ2n) is 7.73. The zero-order chi connectivity index (χ0) is 19.4. The first kappa shape index (κ1) is 19.4. The zero-order valence-electron chi connectivity index (χ0n) is 16.8. The molecular weight excluding hydrogens is 336 g/mol. The number of amides is 1. The van der Waals surface area contributed by atoms with Crippen LogP contribution in [0.4, 0.5) is 0 Å². The molecule has 1 amide bonds. The number of ether oxygens (including phenoxy) is 1. The van der Waals surface area contributed by atoms with Gasteiger partial charge in [-0.15, -0.1) is 0 Å². The van der Waals surface area contributed by atoms with Crippen LogP contribution in [0.5, 0.6) is 5.75 Å². The molecule has 144 valence electrons. The van der Waals surface area contributed by atoms with E-state index < -0.39 is 0 Å². The standard InChI is InChI=1S/C23H30N2O2/c1-17-5-7-19(8-6-17)15-23(20-9-11-22(27-4)12-10-20)16-21(24-18(2)26)13-14-25(23)3/h5-12,21H,13-16H2,1-4H3,(H,24,26). The van der Waals surface area contributed by atoms with Crippen LogP contribution in [0.3, 0.4) is 0 Å². The molecule has 1 aliphatic rings. The van der Waals surface area contributed by atoms with Crippen molar-refractivity contribution in [3.05, 3.63) is 65.2 Å². The van der Waals surface area contributed by atoms with Crippen LogP contribution >= 0.6 is 0 Å². The number of carbonyl (C=O) groups is 1. The van der Waals surface area contributed by atoms with E-state index in [-0.39, 0.29) is 17.5 Å². The van der Waals surface area contributed by atoms with E-state index in [4.69, 9.17) is 4.74 Å². The third-order valence-corrected chi connectivity index (χ3v) is 5.78. The quantitative estimate of drug-likeness (QED) is 0.878. The molecule has 1 aliphatic heterocycles. The SMILES string of the molecule is COc1ccc(C2(Cc3ccc(C)cc3)CC(NC(C)=O)CCN2C)cc1. The highest BCUT2D eigenvalue weighted by molar-refractivity contribution is 5.73. The minimum atomic E-state index is -0.160. The summed E-state index contributed by atoms with van der Waals surface area (Å²) in [7, 11) is 3.89. The number of hydrogen-bond acceptors (Lipinski definition) is 3. The Bertz CT molecular complexity index is 770. The molecule has 1 N–H and O–H groups in total. The van der Waals surface area contributed by atoms with Gasteiger partial charge in [0.2, 0.25) is 5.91 Å². The van der Waals surface area contributed by atoms with Crippen LogP contribution in [-0.2, 0) is 16.8 Å². The summed E-state index contributed by atoms with van der Waals surface area (Å²) < 4.78 is 5.35. The molecule has 2 aromatic rings. The van der Waals surface area contributed by atoms with Gasteiger partial charge < -0.3 is 10.1 Å². The lowest BCUT2D eigenvalue weighted by Crippen LogP contribution is -2.55. The highest BCUT2D eigenvalue weighted by Crippen LogP contribution is 2.40. The summed E-state index contributed by atoms with van der Waals surface area (Å²) in [5, 5.41) is 3.15. The van der Waals surface area contributed by atoms with E-state index in [9.17, 15) is 4.79 Å². The van der Waals surface area contributed by atoms with Crippen LogP contribution in [0.1, 0.15) is 36.5 Å². The van der Waals surface area contributed by atoms with Crippen molar-refractivity contribution in [2.24, 2.45) is 0 Å². The zero-order valence-corrected chi connectivity index (χ0v) is 16.8. The van der Waals surface area contributed by atoms with Crippen molar-refractivity contribution in [2.75, 3.05) is 20.7 Å². The van der Waals surface area contributed by atoms with E-state index in [1.807, 2.05) is 12.1 Å². The molecule has 27 heavy (non-hydrogen) atoms. The van der Waals surface area contributed by atoms with Gasteiger partial charge in [0, 0.05) is 19.5 Å². The Hall–Kier alpha value is -2.33. The minimum absolute atomic E-state index is 0.0449. The van der Waals surface area contributed by atoms with Gasteiger partial charge in [-0.3, -0.25) is 9.69 Å². The molecule has 1 saturated heterocycles. The van der Waals surface area contributed by atoms with Gasteiger partial charge in [-0.05, 0) is 56.5 Å². The van der Waals surface area contributed by atoms with Crippen molar-refractivity contribution in [3.63, 3.8) is 0 Å². The predicted molar refractivity (Wildman–Crippen MR) is 109 cm³/mol. The monoisotopic (exact) mass is 366 g/mol. The fraction of sp³-hybridized carbons (Fsp3) is 0.435. The van der Waals surface area contributed by atoms with E-state index in [0.717, 1.165) is 31.6 Å². The maximum atomic E-state index is 11.7. The highest BCUT2D eigenvalue weighted by Gasteiger charge is 2.42. The van der Waals surface area contributed by atoms with Crippen molar-refractivity contribution in [3.8, 4) is 5.75 Å². The first-order valence-electron chi connectivity index (χ1n) is 9.61. The summed E-state index contributed by atoms with van der Waals surface area (Å²) >= 11 is 0. The van der Waals surface area contributed by atoms with Crippen LogP contribution in [-0.4, -0.2) is 37.6 Å². The third kappa shape index (κ3) is 4.33. The first-order valence-corrected chi connectivity index (χ1v) is 9.61. The largest absolute Gasteiger partial charge is 0.497 e. The number of benzene rings is 2. The second-order valence-corrected chi connectivity index (χ2v) is 7.73. The molecule has 1 heterocycles. The number of piperidine rings is 1. The Labute approximate surface area is 162 Å². The van der Waals surface area contributed by atoms with Crippen molar-refractivity contribution in [1.82, 2.24) is 10.2 Å². The van der Waals surface area contributed by atoms with Crippen molar-refractivity contribution in [1.29, 1.82) is 0 Å². The lowest BCUT2D eigenvalue weighted by molar-refractivity contribution is -0.120. The topological polar surface area (TPSA) is 41.6 Å².